The fraction of sp³-hybridized carbons (Fsp3) is 0.368. The number of hydrogen-bond donors (Lipinski definition) is 1. The van der Waals surface area contributed by atoms with E-state index < -0.39 is 0 Å². The second kappa shape index (κ2) is 6.31. The van der Waals surface area contributed by atoms with E-state index in [4.69, 9.17) is 10.5 Å². The molecule has 0 aliphatic carbocycles. The van der Waals surface area contributed by atoms with E-state index in [-0.39, 0.29) is 5.41 Å². The zero-order chi connectivity index (χ0) is 15.5. The monoisotopic (exact) mass is 283 g/mol. The molecule has 2 heteroatoms. The van der Waals surface area contributed by atoms with Crippen LogP contribution in [0.2, 0.25) is 0 Å². The number of aryl methyl sites for hydroxylation is 1. The van der Waals surface area contributed by atoms with Crippen LogP contribution in [0.4, 0.5) is 0 Å². The molecule has 0 aromatic heterocycles. The Bertz CT molecular complexity index is 611. The molecule has 0 aliphatic heterocycles. The largest absolute Gasteiger partial charge is 0.457 e. The molecule has 2 nitrogen and oxygen atoms in total. The number of nitrogens with two attached hydrogens (primary N) is 1. The molecule has 21 heavy (non-hydrogen) atoms. The average Bonchev–Trinajstić information content (AvgIpc) is 2.42. The molecule has 0 saturated carbocycles. The van der Waals surface area contributed by atoms with Crippen molar-refractivity contribution in [3.8, 4) is 11.5 Å². The quantitative estimate of drug-likeness (QED) is 0.891. The molecular formula is C19H25NO. The predicted octanol–water partition coefficient (Wildman–Crippen LogP) is 4.59. The van der Waals surface area contributed by atoms with Crippen molar-refractivity contribution < 1.29 is 4.74 Å². The van der Waals surface area contributed by atoms with Crippen LogP contribution < -0.4 is 10.5 Å². The van der Waals surface area contributed by atoms with Crippen molar-refractivity contribution in [2.24, 2.45) is 5.73 Å². The van der Waals surface area contributed by atoms with Crippen LogP contribution in [-0.4, -0.2) is 6.54 Å². The lowest BCUT2D eigenvalue weighted by Crippen LogP contribution is -2.12. The Morgan fingerprint density at radius 1 is 1.00 bits per heavy atom. The second-order valence-electron chi connectivity index (χ2n) is 6.49. The van der Waals surface area contributed by atoms with Crippen molar-refractivity contribution in [1.82, 2.24) is 0 Å². The second-order valence-corrected chi connectivity index (χ2v) is 6.49. The van der Waals surface area contributed by atoms with Crippen molar-refractivity contribution in [2.75, 3.05) is 6.54 Å². The molecule has 0 saturated heterocycles. The van der Waals surface area contributed by atoms with Gasteiger partial charge in [-0.25, -0.2) is 0 Å². The predicted molar refractivity (Wildman–Crippen MR) is 89.2 cm³/mol. The van der Waals surface area contributed by atoms with Gasteiger partial charge in [-0.05, 0) is 48.6 Å². The maximum Gasteiger partial charge on any atom is 0.131 e. The molecule has 2 rings (SSSR count). The molecule has 0 spiro atoms. The highest BCUT2D eigenvalue weighted by Crippen LogP contribution is 2.35. The number of para-hydroxylation sites is 1. The molecular weight excluding hydrogens is 258 g/mol. The summed E-state index contributed by atoms with van der Waals surface area (Å²) in [6, 6.07) is 14.6. The third-order valence-electron chi connectivity index (χ3n) is 3.60. The smallest absolute Gasteiger partial charge is 0.131 e. The first-order valence-electron chi connectivity index (χ1n) is 7.49. The standard InChI is InChI=1S/C19H25NO/c1-14-9-10-15(11-12-20)13-18(14)21-17-8-6-5-7-16(17)19(2,3)4/h5-10,13H,11-12,20H2,1-4H3. The van der Waals surface area contributed by atoms with Crippen molar-refractivity contribution in [3.05, 3.63) is 59.2 Å². The van der Waals surface area contributed by atoms with Gasteiger partial charge in [0.2, 0.25) is 0 Å². The lowest BCUT2D eigenvalue weighted by molar-refractivity contribution is 0.452. The molecule has 0 atom stereocenters. The lowest BCUT2D eigenvalue weighted by Gasteiger charge is -2.23. The van der Waals surface area contributed by atoms with Crippen LogP contribution in [0.1, 0.15) is 37.5 Å². The summed E-state index contributed by atoms with van der Waals surface area (Å²) in [5, 5.41) is 0. The van der Waals surface area contributed by atoms with Gasteiger partial charge in [0.05, 0.1) is 0 Å². The van der Waals surface area contributed by atoms with Crippen LogP contribution in [0.3, 0.4) is 0 Å². The highest BCUT2D eigenvalue weighted by molar-refractivity contribution is 5.44. The number of hydrogen-bond acceptors (Lipinski definition) is 2. The number of rotatable bonds is 4. The fourth-order valence-electron chi connectivity index (χ4n) is 2.37. The normalized spacial score (nSPS) is 11.5. The topological polar surface area (TPSA) is 35.2 Å². The summed E-state index contributed by atoms with van der Waals surface area (Å²) in [7, 11) is 0. The molecule has 2 aromatic rings. The zero-order valence-electron chi connectivity index (χ0n) is 13.4. The van der Waals surface area contributed by atoms with Crippen LogP contribution in [0.25, 0.3) is 0 Å². The van der Waals surface area contributed by atoms with E-state index in [0.29, 0.717) is 6.54 Å². The molecule has 0 heterocycles. The van der Waals surface area contributed by atoms with Gasteiger partial charge < -0.3 is 10.5 Å². The van der Waals surface area contributed by atoms with E-state index in [1.807, 2.05) is 12.1 Å². The highest BCUT2D eigenvalue weighted by atomic mass is 16.5. The molecule has 2 N–H and O–H groups in total. The van der Waals surface area contributed by atoms with Gasteiger partial charge in [0, 0.05) is 5.56 Å². The van der Waals surface area contributed by atoms with Crippen LogP contribution in [0.5, 0.6) is 11.5 Å². The maximum atomic E-state index is 6.21. The van der Waals surface area contributed by atoms with E-state index in [1.165, 1.54) is 11.1 Å². The average molecular weight is 283 g/mol. The van der Waals surface area contributed by atoms with Crippen LogP contribution in [0, 0.1) is 6.92 Å². The fourth-order valence-corrected chi connectivity index (χ4v) is 2.37. The summed E-state index contributed by atoms with van der Waals surface area (Å²) in [5.74, 6) is 1.84. The van der Waals surface area contributed by atoms with Crippen LogP contribution in [0.15, 0.2) is 42.5 Å². The van der Waals surface area contributed by atoms with Crippen molar-refractivity contribution in [2.45, 2.75) is 39.5 Å². The minimum atomic E-state index is 0.0549. The zero-order valence-corrected chi connectivity index (χ0v) is 13.4. The summed E-state index contributed by atoms with van der Waals surface area (Å²) in [5.41, 5.74) is 9.27. The van der Waals surface area contributed by atoms with Gasteiger partial charge in [-0.2, -0.15) is 0 Å². The first kappa shape index (κ1) is 15.6. The Kier molecular flexibility index (Phi) is 4.69. The minimum absolute atomic E-state index is 0.0549. The Balaban J connectivity index is 2.36. The summed E-state index contributed by atoms with van der Waals surface area (Å²) < 4.78 is 6.21. The van der Waals surface area contributed by atoms with Gasteiger partial charge in [0.15, 0.2) is 0 Å². The molecule has 0 aliphatic rings. The van der Waals surface area contributed by atoms with Gasteiger partial charge in [-0.1, -0.05) is 51.1 Å². The summed E-state index contributed by atoms with van der Waals surface area (Å²) in [4.78, 5) is 0. The number of benzene rings is 2. The highest BCUT2D eigenvalue weighted by Gasteiger charge is 2.19. The van der Waals surface area contributed by atoms with Gasteiger partial charge in [-0.15, -0.1) is 0 Å². The van der Waals surface area contributed by atoms with Crippen molar-refractivity contribution in [1.29, 1.82) is 0 Å². The number of ether oxygens (including phenoxy) is 1. The Morgan fingerprint density at radius 3 is 2.38 bits per heavy atom. The van der Waals surface area contributed by atoms with Gasteiger partial charge in [-0.3, -0.25) is 0 Å². The Hall–Kier alpha value is -1.80. The minimum Gasteiger partial charge on any atom is -0.457 e. The summed E-state index contributed by atoms with van der Waals surface area (Å²) >= 11 is 0. The molecule has 0 unspecified atom stereocenters. The SMILES string of the molecule is Cc1ccc(CCN)cc1Oc1ccccc1C(C)(C)C. The van der Waals surface area contributed by atoms with Crippen LogP contribution in [-0.2, 0) is 11.8 Å². The van der Waals surface area contributed by atoms with Gasteiger partial charge in [0.25, 0.3) is 0 Å². The third kappa shape index (κ3) is 3.85. The van der Waals surface area contributed by atoms with E-state index in [9.17, 15) is 0 Å². The lowest BCUT2D eigenvalue weighted by atomic mass is 9.86. The first-order valence-corrected chi connectivity index (χ1v) is 7.49. The molecule has 112 valence electrons. The molecule has 0 radical (unpaired) electrons. The molecule has 0 fully saturated rings. The van der Waals surface area contributed by atoms with E-state index in [2.05, 4.69) is 58.0 Å². The Labute approximate surface area is 127 Å². The summed E-state index contributed by atoms with van der Waals surface area (Å²) in [6.07, 6.45) is 0.873. The molecule has 0 amide bonds. The van der Waals surface area contributed by atoms with Crippen molar-refractivity contribution in [3.63, 3.8) is 0 Å². The maximum absolute atomic E-state index is 6.21. The third-order valence-corrected chi connectivity index (χ3v) is 3.60. The summed E-state index contributed by atoms with van der Waals surface area (Å²) in [6.45, 7) is 9.33. The van der Waals surface area contributed by atoms with E-state index >= 15 is 0 Å². The first-order chi connectivity index (χ1) is 9.91. The van der Waals surface area contributed by atoms with Gasteiger partial charge >= 0.3 is 0 Å². The molecule has 2 aromatic carbocycles. The Morgan fingerprint density at radius 2 is 1.71 bits per heavy atom. The van der Waals surface area contributed by atoms with Crippen LogP contribution >= 0.6 is 0 Å². The van der Waals surface area contributed by atoms with Gasteiger partial charge in [0.1, 0.15) is 11.5 Å². The van der Waals surface area contributed by atoms with E-state index in [0.717, 1.165) is 23.5 Å². The van der Waals surface area contributed by atoms with Crippen molar-refractivity contribution >= 4 is 0 Å². The molecule has 0 bridgehead atoms. The van der Waals surface area contributed by atoms with E-state index in [1.54, 1.807) is 0 Å².